The van der Waals surface area contributed by atoms with E-state index in [9.17, 15) is 9.59 Å². The van der Waals surface area contributed by atoms with E-state index in [2.05, 4.69) is 20.9 Å². The average Bonchev–Trinajstić information content (AvgIpc) is 2.65. The topological polar surface area (TPSA) is 109 Å². The first-order valence-electron chi connectivity index (χ1n) is 4.67. The standard InChI is InChI=1S/C8H13N5O3/c1-9-8(16)10-7(15)5-13-4-6(2-3-14)11-12-13/h4,14H,2-3,5H2,1H3,(H2,9,10,15,16). The van der Waals surface area contributed by atoms with Crippen molar-refractivity contribution in [3.8, 4) is 0 Å². The van der Waals surface area contributed by atoms with Crippen molar-refractivity contribution in [1.82, 2.24) is 25.6 Å². The number of aromatic nitrogens is 3. The first kappa shape index (κ1) is 12.1. The van der Waals surface area contributed by atoms with Crippen LogP contribution in [0.5, 0.6) is 0 Å². The quantitative estimate of drug-likeness (QED) is 0.566. The Morgan fingerprint density at radius 3 is 2.94 bits per heavy atom. The summed E-state index contributed by atoms with van der Waals surface area (Å²) in [7, 11) is 1.41. The van der Waals surface area contributed by atoms with Crippen LogP contribution in [0.3, 0.4) is 0 Å². The Labute approximate surface area is 91.6 Å². The molecule has 0 aromatic carbocycles. The summed E-state index contributed by atoms with van der Waals surface area (Å²) < 4.78 is 1.29. The predicted octanol–water partition coefficient (Wildman–Crippen LogP) is -1.73. The van der Waals surface area contributed by atoms with Crippen molar-refractivity contribution in [1.29, 1.82) is 0 Å². The lowest BCUT2D eigenvalue weighted by Crippen LogP contribution is -2.39. The summed E-state index contributed by atoms with van der Waals surface area (Å²) in [6.07, 6.45) is 1.93. The highest BCUT2D eigenvalue weighted by molar-refractivity contribution is 5.93. The van der Waals surface area contributed by atoms with Gasteiger partial charge in [-0.3, -0.25) is 10.1 Å². The number of nitrogens with one attached hydrogen (secondary N) is 2. The van der Waals surface area contributed by atoms with Gasteiger partial charge in [-0.05, 0) is 0 Å². The van der Waals surface area contributed by atoms with Crippen LogP contribution in [0.25, 0.3) is 0 Å². The highest BCUT2D eigenvalue weighted by atomic mass is 16.3. The van der Waals surface area contributed by atoms with Gasteiger partial charge in [0.05, 0.1) is 5.69 Å². The molecule has 0 aliphatic carbocycles. The molecule has 8 heteroatoms. The summed E-state index contributed by atoms with van der Waals surface area (Å²) in [6, 6.07) is -0.569. The molecule has 3 amide bonds. The average molecular weight is 227 g/mol. The van der Waals surface area contributed by atoms with E-state index in [1.54, 1.807) is 6.20 Å². The summed E-state index contributed by atoms with van der Waals surface area (Å²) in [5.74, 6) is -0.486. The molecule has 0 saturated heterocycles. The lowest BCUT2D eigenvalue weighted by molar-refractivity contribution is -0.120. The lowest BCUT2D eigenvalue weighted by atomic mass is 10.3. The van der Waals surface area contributed by atoms with E-state index in [4.69, 9.17) is 5.11 Å². The van der Waals surface area contributed by atoms with E-state index in [1.165, 1.54) is 11.7 Å². The highest BCUT2D eigenvalue weighted by Gasteiger charge is 2.08. The van der Waals surface area contributed by atoms with Crippen LogP contribution in [-0.2, 0) is 17.8 Å². The molecule has 16 heavy (non-hydrogen) atoms. The third-order valence-corrected chi connectivity index (χ3v) is 1.74. The van der Waals surface area contributed by atoms with Crippen LogP contribution in [0.2, 0.25) is 0 Å². The van der Waals surface area contributed by atoms with Crippen LogP contribution in [0.4, 0.5) is 4.79 Å². The third kappa shape index (κ3) is 3.65. The smallest absolute Gasteiger partial charge is 0.321 e. The van der Waals surface area contributed by atoms with E-state index in [1.807, 2.05) is 0 Å². The number of urea groups is 1. The van der Waals surface area contributed by atoms with Crippen molar-refractivity contribution in [2.24, 2.45) is 0 Å². The van der Waals surface area contributed by atoms with Gasteiger partial charge in [-0.2, -0.15) is 0 Å². The van der Waals surface area contributed by atoms with E-state index >= 15 is 0 Å². The fourth-order valence-electron chi connectivity index (χ4n) is 1.02. The molecule has 3 N–H and O–H groups in total. The molecule has 0 unspecified atom stereocenters. The van der Waals surface area contributed by atoms with Gasteiger partial charge in [0, 0.05) is 26.3 Å². The SMILES string of the molecule is CNC(=O)NC(=O)Cn1cc(CCO)nn1. The molecule has 0 fully saturated rings. The summed E-state index contributed by atoms with van der Waals surface area (Å²) >= 11 is 0. The number of hydrogen-bond donors (Lipinski definition) is 3. The second-order valence-electron chi connectivity index (χ2n) is 3.01. The molecular formula is C8H13N5O3. The molecule has 1 rings (SSSR count). The normalized spacial score (nSPS) is 9.88. The van der Waals surface area contributed by atoms with Crippen molar-refractivity contribution in [2.45, 2.75) is 13.0 Å². The molecule has 0 aliphatic heterocycles. The molecule has 0 atom stereocenters. The van der Waals surface area contributed by atoms with E-state index < -0.39 is 11.9 Å². The summed E-state index contributed by atoms with van der Waals surface area (Å²) in [5.41, 5.74) is 0.593. The summed E-state index contributed by atoms with van der Waals surface area (Å²) in [6.45, 7) is -0.116. The van der Waals surface area contributed by atoms with Gasteiger partial charge in [0.15, 0.2) is 0 Å². The summed E-state index contributed by atoms with van der Waals surface area (Å²) in [4.78, 5) is 22.0. The molecule has 0 spiro atoms. The van der Waals surface area contributed by atoms with E-state index in [0.29, 0.717) is 12.1 Å². The predicted molar refractivity (Wildman–Crippen MR) is 53.4 cm³/mol. The van der Waals surface area contributed by atoms with Gasteiger partial charge in [0.2, 0.25) is 5.91 Å². The van der Waals surface area contributed by atoms with E-state index in [0.717, 1.165) is 0 Å². The molecule has 0 radical (unpaired) electrons. The Hall–Kier alpha value is -1.96. The minimum Gasteiger partial charge on any atom is -0.396 e. The van der Waals surface area contributed by atoms with Crippen molar-refractivity contribution in [3.05, 3.63) is 11.9 Å². The number of carbonyl (C=O) groups excluding carboxylic acids is 2. The van der Waals surface area contributed by atoms with Crippen LogP contribution >= 0.6 is 0 Å². The van der Waals surface area contributed by atoms with Crippen molar-refractivity contribution in [2.75, 3.05) is 13.7 Å². The van der Waals surface area contributed by atoms with Crippen LogP contribution < -0.4 is 10.6 Å². The number of amides is 3. The second-order valence-corrected chi connectivity index (χ2v) is 3.01. The second kappa shape index (κ2) is 5.81. The van der Waals surface area contributed by atoms with Gasteiger partial charge in [-0.25, -0.2) is 9.48 Å². The lowest BCUT2D eigenvalue weighted by Gasteiger charge is -2.01. The molecule has 1 aromatic heterocycles. The number of rotatable bonds is 4. The van der Waals surface area contributed by atoms with Crippen LogP contribution in [0, 0.1) is 0 Å². The molecule has 88 valence electrons. The van der Waals surface area contributed by atoms with Gasteiger partial charge in [0.1, 0.15) is 6.54 Å². The van der Waals surface area contributed by atoms with Crippen molar-refractivity contribution < 1.29 is 14.7 Å². The Morgan fingerprint density at radius 1 is 1.56 bits per heavy atom. The molecule has 0 bridgehead atoms. The zero-order valence-electron chi connectivity index (χ0n) is 8.80. The Balaban J connectivity index is 2.46. The van der Waals surface area contributed by atoms with Crippen LogP contribution in [0.15, 0.2) is 6.20 Å². The van der Waals surface area contributed by atoms with E-state index in [-0.39, 0.29) is 13.2 Å². The monoisotopic (exact) mass is 227 g/mol. The summed E-state index contributed by atoms with van der Waals surface area (Å²) in [5, 5.41) is 20.4. The number of hydrogen-bond acceptors (Lipinski definition) is 5. The maximum atomic E-state index is 11.2. The maximum absolute atomic E-state index is 11.2. The zero-order valence-corrected chi connectivity index (χ0v) is 8.80. The van der Waals surface area contributed by atoms with Gasteiger partial charge >= 0.3 is 6.03 Å². The largest absolute Gasteiger partial charge is 0.396 e. The minimum absolute atomic E-state index is 0.0247. The molecule has 0 aliphatic rings. The molecule has 8 nitrogen and oxygen atoms in total. The fourth-order valence-corrected chi connectivity index (χ4v) is 1.02. The number of aliphatic hydroxyl groups is 1. The first-order chi connectivity index (χ1) is 7.65. The number of aliphatic hydroxyl groups excluding tert-OH is 1. The fraction of sp³-hybridized carbons (Fsp3) is 0.500. The number of nitrogens with zero attached hydrogens (tertiary/aromatic N) is 3. The van der Waals surface area contributed by atoms with Gasteiger partial charge in [-0.15, -0.1) is 5.10 Å². The Morgan fingerprint density at radius 2 is 2.31 bits per heavy atom. The number of carbonyl (C=O) groups is 2. The van der Waals surface area contributed by atoms with Crippen molar-refractivity contribution in [3.63, 3.8) is 0 Å². The van der Waals surface area contributed by atoms with Gasteiger partial charge in [0.25, 0.3) is 0 Å². The van der Waals surface area contributed by atoms with Crippen LogP contribution in [-0.4, -0.2) is 45.7 Å². The third-order valence-electron chi connectivity index (χ3n) is 1.74. The zero-order chi connectivity index (χ0) is 12.0. The molecule has 1 heterocycles. The Kier molecular flexibility index (Phi) is 4.40. The molecule has 0 saturated carbocycles. The number of imide groups is 1. The van der Waals surface area contributed by atoms with Crippen LogP contribution in [0.1, 0.15) is 5.69 Å². The molecule has 1 aromatic rings. The molecular weight excluding hydrogens is 214 g/mol. The van der Waals surface area contributed by atoms with Gasteiger partial charge < -0.3 is 10.4 Å². The maximum Gasteiger partial charge on any atom is 0.321 e. The minimum atomic E-state index is -0.569. The first-order valence-corrected chi connectivity index (χ1v) is 4.67. The van der Waals surface area contributed by atoms with Crippen molar-refractivity contribution >= 4 is 11.9 Å². The Bertz CT molecular complexity index is 376. The highest BCUT2D eigenvalue weighted by Crippen LogP contribution is 1.93. The van der Waals surface area contributed by atoms with Gasteiger partial charge in [-0.1, -0.05) is 5.21 Å².